The van der Waals surface area contributed by atoms with Crippen LogP contribution in [-0.4, -0.2) is 98.3 Å². The average Bonchev–Trinajstić information content (AvgIpc) is 3.24. The van der Waals surface area contributed by atoms with Crippen molar-refractivity contribution in [2.45, 2.75) is 211 Å². The predicted molar refractivity (Wildman–Crippen MR) is 239 cm³/mol. The van der Waals surface area contributed by atoms with Crippen LogP contribution in [0, 0.1) is 0 Å². The molecule has 1 aliphatic rings. The van der Waals surface area contributed by atoms with Crippen molar-refractivity contribution in [1.29, 1.82) is 0 Å². The van der Waals surface area contributed by atoms with Gasteiger partial charge in [-0.15, -0.1) is 0 Å². The molecule has 0 saturated heterocycles. The normalized spacial score (nSPS) is 22.6. The number of carbonyl (C=O) groups excluding carboxylic acids is 2. The van der Waals surface area contributed by atoms with Crippen molar-refractivity contribution in [2.24, 2.45) is 0 Å². The van der Waals surface area contributed by atoms with Crippen molar-refractivity contribution in [2.75, 3.05) is 13.2 Å². The van der Waals surface area contributed by atoms with Crippen LogP contribution in [0.4, 0.5) is 0 Å². The summed E-state index contributed by atoms with van der Waals surface area (Å²) >= 11 is 0. The van der Waals surface area contributed by atoms with Gasteiger partial charge in [-0.25, -0.2) is 4.57 Å². The number of aliphatic hydroxyl groups is 5. The fraction of sp³-hybridized carbons (Fsp3) is 0.745. The number of hydrogen-bond donors (Lipinski definition) is 6. The number of allylic oxidation sites excluding steroid dienone is 10. The summed E-state index contributed by atoms with van der Waals surface area (Å²) in [4.78, 5) is 35.7. The topological polar surface area (TPSA) is 210 Å². The van der Waals surface area contributed by atoms with E-state index >= 15 is 0 Å². The Bertz CT molecular complexity index is 1300. The van der Waals surface area contributed by atoms with Gasteiger partial charge in [0.2, 0.25) is 0 Å². The zero-order valence-corrected chi connectivity index (χ0v) is 38.1. The largest absolute Gasteiger partial charge is 0.472 e. The summed E-state index contributed by atoms with van der Waals surface area (Å²) < 4.78 is 33.4. The highest BCUT2D eigenvalue weighted by Crippen LogP contribution is 2.47. The van der Waals surface area contributed by atoms with Crippen molar-refractivity contribution < 1.29 is 63.1 Å². The molecule has 0 heterocycles. The molecule has 352 valence electrons. The monoisotopic (exact) mass is 885 g/mol. The van der Waals surface area contributed by atoms with Gasteiger partial charge in [-0.1, -0.05) is 139 Å². The molecule has 1 fully saturated rings. The Hall–Kier alpha value is -2.45. The third kappa shape index (κ3) is 29.5. The second-order valence-electron chi connectivity index (χ2n) is 15.9. The van der Waals surface area contributed by atoms with Crippen LogP contribution in [0.1, 0.15) is 168 Å². The first-order valence-corrected chi connectivity index (χ1v) is 24.6. The molecule has 1 saturated carbocycles. The van der Waals surface area contributed by atoms with Crippen LogP contribution < -0.4 is 0 Å². The fourth-order valence-electron chi connectivity index (χ4n) is 6.57. The molecule has 0 aliphatic heterocycles. The zero-order chi connectivity index (χ0) is 45.0. The van der Waals surface area contributed by atoms with Crippen LogP contribution in [0.5, 0.6) is 0 Å². The minimum absolute atomic E-state index is 0.0171. The lowest BCUT2D eigenvalue weighted by Gasteiger charge is -2.41. The van der Waals surface area contributed by atoms with Crippen LogP contribution >= 0.6 is 7.82 Å². The molecular formula is C47H81O13P. The molecule has 0 aromatic rings. The molecule has 1 rings (SSSR count). The molecule has 0 aromatic heterocycles. The molecule has 0 bridgehead atoms. The van der Waals surface area contributed by atoms with E-state index in [4.69, 9.17) is 18.5 Å². The first kappa shape index (κ1) is 56.6. The number of phosphoric ester groups is 1. The summed E-state index contributed by atoms with van der Waals surface area (Å²) in [6.07, 6.45) is 31.4. The Balaban J connectivity index is 2.52. The Morgan fingerprint density at radius 1 is 0.508 bits per heavy atom. The summed E-state index contributed by atoms with van der Waals surface area (Å²) in [6.45, 7) is 3.20. The maximum Gasteiger partial charge on any atom is 0.472 e. The third-order valence-electron chi connectivity index (χ3n) is 10.3. The lowest BCUT2D eigenvalue weighted by Crippen LogP contribution is -2.64. The molecule has 0 radical (unpaired) electrons. The van der Waals surface area contributed by atoms with E-state index in [-0.39, 0.29) is 12.8 Å². The van der Waals surface area contributed by atoms with Gasteiger partial charge in [-0.2, -0.15) is 0 Å². The van der Waals surface area contributed by atoms with E-state index in [1.165, 1.54) is 57.8 Å². The Labute approximate surface area is 366 Å². The highest BCUT2D eigenvalue weighted by atomic mass is 31.2. The van der Waals surface area contributed by atoms with Crippen molar-refractivity contribution in [1.82, 2.24) is 0 Å². The van der Waals surface area contributed by atoms with Gasteiger partial charge >= 0.3 is 19.8 Å². The molecule has 0 aromatic carbocycles. The lowest BCUT2D eigenvalue weighted by molar-refractivity contribution is -0.220. The van der Waals surface area contributed by atoms with Crippen molar-refractivity contribution >= 4 is 19.8 Å². The quantitative estimate of drug-likeness (QED) is 0.0149. The summed E-state index contributed by atoms with van der Waals surface area (Å²) in [7, 11) is -5.14. The number of rotatable bonds is 37. The highest BCUT2D eigenvalue weighted by Gasteiger charge is 2.51. The Morgan fingerprint density at radius 2 is 0.902 bits per heavy atom. The molecular weight excluding hydrogens is 803 g/mol. The van der Waals surface area contributed by atoms with E-state index in [1.54, 1.807) is 0 Å². The Kier molecular flexibility index (Phi) is 34.3. The first-order valence-electron chi connectivity index (χ1n) is 23.1. The standard InChI is InChI=1S/C47H81O13P/c1-3-5-7-9-11-13-15-17-19-20-22-24-26-28-30-32-34-36-41(49)59-39(38-58-61(55,56)60-47-45(53)43(51)42(50)44(52)46(47)54)37-57-40(48)35-33-31-29-27-25-23-21-18-16-14-12-10-8-6-4-2/h11,13,17-19,21-22,24,28,30,39,42-47,50-54H,3-10,12,14-16,20,23,25-27,29,31-38H2,1-2H3,(H,55,56). The summed E-state index contributed by atoms with van der Waals surface area (Å²) in [5.74, 6) is -1.18. The minimum Gasteiger partial charge on any atom is -0.462 e. The molecule has 61 heavy (non-hydrogen) atoms. The molecule has 0 amide bonds. The van der Waals surface area contributed by atoms with E-state index in [0.717, 1.165) is 64.2 Å². The van der Waals surface area contributed by atoms with Crippen molar-refractivity contribution in [3.8, 4) is 0 Å². The third-order valence-corrected chi connectivity index (χ3v) is 11.3. The second-order valence-corrected chi connectivity index (χ2v) is 17.3. The predicted octanol–water partition coefficient (Wildman–Crippen LogP) is 8.94. The van der Waals surface area contributed by atoms with Crippen LogP contribution in [0.25, 0.3) is 0 Å². The van der Waals surface area contributed by atoms with Crippen LogP contribution in [-0.2, 0) is 32.7 Å². The molecule has 1 aliphatic carbocycles. The zero-order valence-electron chi connectivity index (χ0n) is 37.2. The molecule has 0 spiro atoms. The van der Waals surface area contributed by atoms with Crippen LogP contribution in [0.3, 0.4) is 0 Å². The number of hydrogen-bond acceptors (Lipinski definition) is 12. The first-order chi connectivity index (χ1) is 29.4. The van der Waals surface area contributed by atoms with Crippen LogP contribution in [0.15, 0.2) is 60.8 Å². The summed E-state index contributed by atoms with van der Waals surface area (Å²) in [6, 6.07) is 0. The number of esters is 2. The molecule has 6 unspecified atom stereocenters. The van der Waals surface area contributed by atoms with Gasteiger partial charge in [0, 0.05) is 12.8 Å². The minimum atomic E-state index is -5.14. The lowest BCUT2D eigenvalue weighted by atomic mass is 9.85. The summed E-state index contributed by atoms with van der Waals surface area (Å²) in [5.41, 5.74) is 0. The molecule has 13 nitrogen and oxygen atoms in total. The van der Waals surface area contributed by atoms with Gasteiger partial charge in [0.15, 0.2) is 6.10 Å². The van der Waals surface area contributed by atoms with E-state index in [0.29, 0.717) is 19.3 Å². The summed E-state index contributed by atoms with van der Waals surface area (Å²) in [5, 5.41) is 50.1. The van der Waals surface area contributed by atoms with Gasteiger partial charge in [-0.3, -0.25) is 18.6 Å². The maximum atomic E-state index is 12.8. The van der Waals surface area contributed by atoms with E-state index < -0.39 is 75.7 Å². The van der Waals surface area contributed by atoms with Gasteiger partial charge < -0.3 is 39.9 Å². The van der Waals surface area contributed by atoms with E-state index in [1.807, 2.05) is 12.2 Å². The number of aliphatic hydroxyl groups excluding tert-OH is 5. The Morgan fingerprint density at radius 3 is 1.44 bits per heavy atom. The van der Waals surface area contributed by atoms with Gasteiger partial charge in [0.25, 0.3) is 0 Å². The number of phosphoric acid groups is 1. The highest BCUT2D eigenvalue weighted by molar-refractivity contribution is 7.47. The number of ether oxygens (including phenoxy) is 2. The smallest absolute Gasteiger partial charge is 0.462 e. The van der Waals surface area contributed by atoms with Crippen molar-refractivity contribution in [3.05, 3.63) is 60.8 Å². The maximum absolute atomic E-state index is 12.8. The van der Waals surface area contributed by atoms with E-state index in [2.05, 4.69) is 62.5 Å². The fourth-order valence-corrected chi connectivity index (χ4v) is 7.54. The van der Waals surface area contributed by atoms with Crippen LogP contribution in [0.2, 0.25) is 0 Å². The number of carbonyl (C=O) groups is 2. The van der Waals surface area contributed by atoms with Gasteiger partial charge in [-0.05, 0) is 77.0 Å². The van der Waals surface area contributed by atoms with Crippen molar-refractivity contribution in [3.63, 3.8) is 0 Å². The molecule has 6 N–H and O–H groups in total. The SMILES string of the molecule is CCCCCC=CCC=CCC=CCC=CCCCC(=O)OC(COC(=O)CCCCCCCC=CCCCCCCCC)COP(=O)(O)OC1C(O)C(O)C(O)C(O)C1O. The second kappa shape index (κ2) is 37.0. The molecule has 14 heteroatoms. The number of unbranched alkanes of at least 4 members (excludes halogenated alkanes) is 15. The molecule has 6 atom stereocenters. The van der Waals surface area contributed by atoms with Gasteiger partial charge in [0.1, 0.15) is 43.2 Å². The average molecular weight is 885 g/mol. The van der Waals surface area contributed by atoms with E-state index in [9.17, 15) is 44.6 Å². The van der Waals surface area contributed by atoms with Gasteiger partial charge in [0.05, 0.1) is 6.61 Å².